The third kappa shape index (κ3) is 4.26. The molecular formula is C24H25N3OS. The van der Waals surface area contributed by atoms with E-state index in [9.17, 15) is 0 Å². The van der Waals surface area contributed by atoms with E-state index in [0.717, 1.165) is 46.6 Å². The van der Waals surface area contributed by atoms with E-state index in [1.807, 2.05) is 43.3 Å². The van der Waals surface area contributed by atoms with Gasteiger partial charge in [0.15, 0.2) is 0 Å². The van der Waals surface area contributed by atoms with E-state index in [1.165, 1.54) is 10.4 Å². The molecule has 0 spiro atoms. The Balaban J connectivity index is 1.55. The quantitative estimate of drug-likeness (QED) is 0.323. The number of fused-ring (bicyclic) bond motifs is 1. The monoisotopic (exact) mass is 403 g/mol. The summed E-state index contributed by atoms with van der Waals surface area (Å²) >= 11 is 1.78. The summed E-state index contributed by atoms with van der Waals surface area (Å²) in [7, 11) is 0. The SMILES string of the molecule is Cc1cc(-c2c(N)cccc2OCCNCc2sccc2C)c2ccccc2n1. The molecule has 0 saturated heterocycles. The molecule has 4 rings (SSSR count). The van der Waals surface area contributed by atoms with E-state index in [1.54, 1.807) is 11.3 Å². The summed E-state index contributed by atoms with van der Waals surface area (Å²) in [6.07, 6.45) is 0. The van der Waals surface area contributed by atoms with Crippen LogP contribution in [0.3, 0.4) is 0 Å². The number of pyridine rings is 1. The molecular weight excluding hydrogens is 378 g/mol. The Morgan fingerprint density at radius 3 is 2.76 bits per heavy atom. The van der Waals surface area contributed by atoms with Crippen LogP contribution in [-0.2, 0) is 6.54 Å². The van der Waals surface area contributed by atoms with Crippen LogP contribution in [0, 0.1) is 13.8 Å². The van der Waals surface area contributed by atoms with Gasteiger partial charge in [0.05, 0.1) is 5.52 Å². The van der Waals surface area contributed by atoms with Crippen molar-refractivity contribution in [1.82, 2.24) is 10.3 Å². The van der Waals surface area contributed by atoms with Gasteiger partial charge in [-0.05, 0) is 60.7 Å². The van der Waals surface area contributed by atoms with Gasteiger partial charge >= 0.3 is 0 Å². The molecule has 0 aliphatic heterocycles. The zero-order chi connectivity index (χ0) is 20.2. The van der Waals surface area contributed by atoms with Crippen molar-refractivity contribution >= 4 is 27.9 Å². The number of nitrogens with zero attached hydrogens (tertiary/aromatic N) is 1. The number of ether oxygens (including phenoxy) is 1. The van der Waals surface area contributed by atoms with Crippen LogP contribution in [-0.4, -0.2) is 18.1 Å². The molecule has 0 radical (unpaired) electrons. The van der Waals surface area contributed by atoms with E-state index in [-0.39, 0.29) is 0 Å². The van der Waals surface area contributed by atoms with Crippen molar-refractivity contribution in [1.29, 1.82) is 0 Å². The standard InChI is InChI=1S/C24H25N3OS/c1-16-10-13-29-23(16)15-26-11-12-28-22-9-5-7-20(25)24(22)19-14-17(2)27-21-8-4-3-6-18(19)21/h3-10,13-14,26H,11-12,15,25H2,1-2H3. The number of nitrogens with two attached hydrogens (primary N) is 1. The second kappa shape index (κ2) is 8.64. The number of aromatic nitrogens is 1. The van der Waals surface area contributed by atoms with Crippen LogP contribution >= 0.6 is 11.3 Å². The molecule has 148 valence electrons. The van der Waals surface area contributed by atoms with E-state index in [0.29, 0.717) is 12.3 Å². The molecule has 0 aliphatic carbocycles. The van der Waals surface area contributed by atoms with Crippen molar-refractivity contribution in [3.05, 3.63) is 76.1 Å². The molecule has 4 nitrogen and oxygen atoms in total. The molecule has 29 heavy (non-hydrogen) atoms. The first-order chi connectivity index (χ1) is 14.1. The number of hydrogen-bond acceptors (Lipinski definition) is 5. The highest BCUT2D eigenvalue weighted by Crippen LogP contribution is 2.39. The maximum Gasteiger partial charge on any atom is 0.129 e. The Hall–Kier alpha value is -2.89. The van der Waals surface area contributed by atoms with E-state index in [2.05, 4.69) is 40.8 Å². The second-order valence-corrected chi connectivity index (χ2v) is 8.10. The predicted molar refractivity (Wildman–Crippen MR) is 123 cm³/mol. The van der Waals surface area contributed by atoms with Crippen molar-refractivity contribution in [3.63, 3.8) is 0 Å². The first kappa shape index (κ1) is 19.4. The van der Waals surface area contributed by atoms with Crippen LogP contribution in [0.5, 0.6) is 5.75 Å². The van der Waals surface area contributed by atoms with Gasteiger partial charge in [-0.25, -0.2) is 0 Å². The minimum absolute atomic E-state index is 0.572. The van der Waals surface area contributed by atoms with Crippen LogP contribution in [0.4, 0.5) is 5.69 Å². The summed E-state index contributed by atoms with van der Waals surface area (Å²) in [5.74, 6) is 0.801. The van der Waals surface area contributed by atoms with Gasteiger partial charge in [0, 0.05) is 40.3 Å². The third-order valence-electron chi connectivity index (χ3n) is 4.96. The van der Waals surface area contributed by atoms with Gasteiger partial charge in [0.2, 0.25) is 0 Å². The largest absolute Gasteiger partial charge is 0.492 e. The van der Waals surface area contributed by atoms with Crippen molar-refractivity contribution in [2.75, 3.05) is 18.9 Å². The zero-order valence-electron chi connectivity index (χ0n) is 16.7. The van der Waals surface area contributed by atoms with Gasteiger partial charge in [0.25, 0.3) is 0 Å². The highest BCUT2D eigenvalue weighted by atomic mass is 32.1. The van der Waals surface area contributed by atoms with Crippen LogP contribution in [0.2, 0.25) is 0 Å². The minimum Gasteiger partial charge on any atom is -0.492 e. The van der Waals surface area contributed by atoms with Gasteiger partial charge in [-0.1, -0.05) is 24.3 Å². The van der Waals surface area contributed by atoms with Crippen molar-refractivity contribution < 1.29 is 4.74 Å². The van der Waals surface area contributed by atoms with Gasteiger partial charge in [-0.3, -0.25) is 4.98 Å². The Morgan fingerprint density at radius 2 is 1.93 bits per heavy atom. The molecule has 0 amide bonds. The fraction of sp³-hybridized carbons (Fsp3) is 0.208. The predicted octanol–water partition coefficient (Wildman–Crippen LogP) is 5.33. The van der Waals surface area contributed by atoms with Crippen LogP contribution < -0.4 is 15.8 Å². The molecule has 0 fully saturated rings. The lowest BCUT2D eigenvalue weighted by Gasteiger charge is -2.16. The average Bonchev–Trinajstić information content (AvgIpc) is 3.12. The third-order valence-corrected chi connectivity index (χ3v) is 5.99. The average molecular weight is 404 g/mol. The summed E-state index contributed by atoms with van der Waals surface area (Å²) in [5.41, 5.74) is 12.3. The summed E-state index contributed by atoms with van der Waals surface area (Å²) < 4.78 is 6.15. The van der Waals surface area contributed by atoms with Crippen LogP contribution in [0.1, 0.15) is 16.1 Å². The topological polar surface area (TPSA) is 60.2 Å². The van der Waals surface area contributed by atoms with Gasteiger partial charge in [-0.15, -0.1) is 11.3 Å². The number of anilines is 1. The molecule has 0 aliphatic rings. The van der Waals surface area contributed by atoms with E-state index in [4.69, 9.17) is 10.5 Å². The highest BCUT2D eigenvalue weighted by molar-refractivity contribution is 7.10. The number of rotatable bonds is 7. The zero-order valence-corrected chi connectivity index (χ0v) is 17.6. The van der Waals surface area contributed by atoms with E-state index < -0.39 is 0 Å². The fourth-order valence-electron chi connectivity index (χ4n) is 3.49. The molecule has 3 N–H and O–H groups in total. The molecule has 2 aromatic heterocycles. The summed E-state index contributed by atoms with van der Waals surface area (Å²) in [4.78, 5) is 6.02. The number of aryl methyl sites for hydroxylation is 2. The van der Waals surface area contributed by atoms with Crippen LogP contribution in [0.25, 0.3) is 22.0 Å². The Morgan fingerprint density at radius 1 is 1.07 bits per heavy atom. The Labute approximate surface area is 175 Å². The Kier molecular flexibility index (Phi) is 5.79. The minimum atomic E-state index is 0.572. The lowest BCUT2D eigenvalue weighted by atomic mass is 9.98. The normalized spacial score (nSPS) is 11.1. The summed E-state index contributed by atoms with van der Waals surface area (Å²) in [5, 5.41) is 6.66. The molecule has 2 heterocycles. The maximum atomic E-state index is 6.39. The maximum absolute atomic E-state index is 6.39. The first-order valence-electron chi connectivity index (χ1n) is 9.75. The molecule has 0 atom stereocenters. The van der Waals surface area contributed by atoms with Crippen molar-refractivity contribution in [2.45, 2.75) is 20.4 Å². The number of nitrogen functional groups attached to an aromatic ring is 1. The highest BCUT2D eigenvalue weighted by Gasteiger charge is 2.14. The lowest BCUT2D eigenvalue weighted by Crippen LogP contribution is -2.20. The molecule has 0 unspecified atom stereocenters. The lowest BCUT2D eigenvalue weighted by molar-refractivity contribution is 0.315. The summed E-state index contributed by atoms with van der Waals surface area (Å²) in [6, 6.07) is 18.2. The van der Waals surface area contributed by atoms with Gasteiger partial charge < -0.3 is 15.8 Å². The summed E-state index contributed by atoms with van der Waals surface area (Å²) in [6.45, 7) is 6.35. The molecule has 5 heteroatoms. The van der Waals surface area contributed by atoms with Crippen LogP contribution in [0.15, 0.2) is 60.0 Å². The molecule has 0 saturated carbocycles. The van der Waals surface area contributed by atoms with Crippen molar-refractivity contribution in [3.8, 4) is 16.9 Å². The Bertz CT molecular complexity index is 1140. The molecule has 4 aromatic rings. The van der Waals surface area contributed by atoms with Crippen molar-refractivity contribution in [2.24, 2.45) is 0 Å². The number of thiophene rings is 1. The number of benzene rings is 2. The molecule has 2 aromatic carbocycles. The first-order valence-corrected chi connectivity index (χ1v) is 10.6. The molecule has 0 bridgehead atoms. The second-order valence-electron chi connectivity index (χ2n) is 7.10. The van der Waals surface area contributed by atoms with E-state index >= 15 is 0 Å². The number of nitrogens with one attached hydrogen (secondary N) is 1. The number of hydrogen-bond donors (Lipinski definition) is 2. The van der Waals surface area contributed by atoms with Gasteiger partial charge in [0.1, 0.15) is 12.4 Å². The van der Waals surface area contributed by atoms with Gasteiger partial charge in [-0.2, -0.15) is 0 Å². The number of para-hydroxylation sites is 1. The smallest absolute Gasteiger partial charge is 0.129 e. The fourth-order valence-corrected chi connectivity index (χ4v) is 4.37.